The minimum Gasteiger partial charge on any atom is -0.398 e. The van der Waals surface area contributed by atoms with E-state index in [2.05, 4.69) is 12.2 Å². The highest BCUT2D eigenvalue weighted by atomic mass is 16.1. The third-order valence-electron chi connectivity index (χ3n) is 3.23. The molecule has 1 fully saturated rings. The van der Waals surface area contributed by atoms with Crippen LogP contribution in [0.1, 0.15) is 35.7 Å². The second-order valence-corrected chi connectivity index (χ2v) is 4.67. The molecular formula is C13H18N2O. The molecule has 1 unspecified atom stereocenters. The lowest BCUT2D eigenvalue weighted by Crippen LogP contribution is -2.34. The number of hydrogen-bond donors (Lipinski definition) is 2. The van der Waals surface area contributed by atoms with Gasteiger partial charge in [-0.15, -0.1) is 0 Å². The van der Waals surface area contributed by atoms with Gasteiger partial charge < -0.3 is 11.1 Å². The molecule has 86 valence electrons. The number of nitrogens with two attached hydrogens (primary N) is 1. The van der Waals surface area contributed by atoms with Crippen LogP contribution < -0.4 is 11.1 Å². The third-order valence-corrected chi connectivity index (χ3v) is 3.23. The average Bonchev–Trinajstić information content (AvgIpc) is 3.05. The van der Waals surface area contributed by atoms with E-state index < -0.39 is 0 Å². The van der Waals surface area contributed by atoms with Crippen molar-refractivity contribution in [2.45, 2.75) is 32.7 Å². The third kappa shape index (κ3) is 2.35. The molecule has 0 saturated heterocycles. The zero-order valence-corrected chi connectivity index (χ0v) is 9.79. The zero-order chi connectivity index (χ0) is 11.7. The maximum atomic E-state index is 11.9. The van der Waals surface area contributed by atoms with E-state index in [4.69, 9.17) is 5.73 Å². The first kappa shape index (κ1) is 11.0. The quantitative estimate of drug-likeness (QED) is 0.763. The highest BCUT2D eigenvalue weighted by molar-refractivity contribution is 5.95. The fourth-order valence-corrected chi connectivity index (χ4v) is 1.79. The second kappa shape index (κ2) is 4.16. The molecule has 3 nitrogen and oxygen atoms in total. The Kier molecular flexibility index (Phi) is 2.86. The number of benzene rings is 1. The summed E-state index contributed by atoms with van der Waals surface area (Å²) in [6.45, 7) is 4.00. The minimum absolute atomic E-state index is 0.0221. The van der Waals surface area contributed by atoms with Crippen LogP contribution in [0.3, 0.4) is 0 Å². The number of aryl methyl sites for hydroxylation is 1. The van der Waals surface area contributed by atoms with E-state index in [-0.39, 0.29) is 11.9 Å². The van der Waals surface area contributed by atoms with Gasteiger partial charge in [-0.05, 0) is 50.3 Å². The van der Waals surface area contributed by atoms with Gasteiger partial charge in [0.15, 0.2) is 0 Å². The van der Waals surface area contributed by atoms with Gasteiger partial charge in [0.2, 0.25) is 0 Å². The van der Waals surface area contributed by atoms with Gasteiger partial charge in [-0.25, -0.2) is 0 Å². The molecule has 1 aromatic rings. The van der Waals surface area contributed by atoms with Crippen molar-refractivity contribution < 1.29 is 4.79 Å². The van der Waals surface area contributed by atoms with Crippen molar-refractivity contribution >= 4 is 11.6 Å². The lowest BCUT2D eigenvalue weighted by Gasteiger charge is -2.13. The first-order chi connectivity index (χ1) is 7.58. The van der Waals surface area contributed by atoms with Crippen LogP contribution in [-0.4, -0.2) is 11.9 Å². The number of nitrogens with one attached hydrogen (secondary N) is 1. The molecule has 1 aliphatic carbocycles. The topological polar surface area (TPSA) is 55.1 Å². The second-order valence-electron chi connectivity index (χ2n) is 4.67. The van der Waals surface area contributed by atoms with Gasteiger partial charge in [0, 0.05) is 17.3 Å². The molecule has 1 saturated carbocycles. The standard InChI is InChI=1S/C13H18N2O/c1-8-3-4-11(7-12(8)14)13(16)15-9(2)10-5-6-10/h3-4,7,9-10H,5-6,14H2,1-2H3,(H,15,16). The predicted octanol–water partition coefficient (Wildman–Crippen LogP) is 2.11. The van der Waals surface area contributed by atoms with Crippen molar-refractivity contribution in [3.8, 4) is 0 Å². The summed E-state index contributed by atoms with van der Waals surface area (Å²) < 4.78 is 0. The molecule has 0 aromatic heterocycles. The number of hydrogen-bond acceptors (Lipinski definition) is 2. The number of amides is 1. The molecule has 1 aliphatic rings. The summed E-state index contributed by atoms with van der Waals surface area (Å²) in [4.78, 5) is 11.9. The van der Waals surface area contributed by atoms with Gasteiger partial charge in [0.1, 0.15) is 0 Å². The summed E-state index contributed by atoms with van der Waals surface area (Å²) in [7, 11) is 0. The smallest absolute Gasteiger partial charge is 0.251 e. The Morgan fingerprint density at radius 3 is 2.75 bits per heavy atom. The number of rotatable bonds is 3. The maximum Gasteiger partial charge on any atom is 0.251 e. The van der Waals surface area contributed by atoms with Crippen LogP contribution in [0.15, 0.2) is 18.2 Å². The highest BCUT2D eigenvalue weighted by Crippen LogP contribution is 2.32. The van der Waals surface area contributed by atoms with Crippen molar-refractivity contribution in [1.29, 1.82) is 0 Å². The van der Waals surface area contributed by atoms with E-state index >= 15 is 0 Å². The van der Waals surface area contributed by atoms with Crippen LogP contribution in [0.5, 0.6) is 0 Å². The van der Waals surface area contributed by atoms with Gasteiger partial charge in [0.25, 0.3) is 5.91 Å². The molecule has 0 heterocycles. The van der Waals surface area contributed by atoms with Crippen LogP contribution >= 0.6 is 0 Å². The summed E-state index contributed by atoms with van der Waals surface area (Å²) in [5.41, 5.74) is 8.11. The van der Waals surface area contributed by atoms with Gasteiger partial charge in [-0.1, -0.05) is 6.07 Å². The van der Waals surface area contributed by atoms with Crippen LogP contribution in [0.4, 0.5) is 5.69 Å². The summed E-state index contributed by atoms with van der Waals surface area (Å²) in [6.07, 6.45) is 2.47. The Hall–Kier alpha value is -1.51. The summed E-state index contributed by atoms with van der Waals surface area (Å²) in [5.74, 6) is 0.651. The SMILES string of the molecule is Cc1ccc(C(=O)NC(C)C2CC2)cc1N. The molecule has 0 radical (unpaired) electrons. The minimum atomic E-state index is -0.0221. The number of anilines is 1. The molecule has 1 atom stereocenters. The van der Waals surface area contributed by atoms with E-state index in [1.807, 2.05) is 19.1 Å². The Morgan fingerprint density at radius 2 is 2.19 bits per heavy atom. The molecule has 16 heavy (non-hydrogen) atoms. The first-order valence-electron chi connectivity index (χ1n) is 5.75. The van der Waals surface area contributed by atoms with Crippen molar-refractivity contribution in [3.63, 3.8) is 0 Å². The van der Waals surface area contributed by atoms with Gasteiger partial charge in [0.05, 0.1) is 0 Å². The highest BCUT2D eigenvalue weighted by Gasteiger charge is 2.29. The molecule has 1 aromatic carbocycles. The fourth-order valence-electron chi connectivity index (χ4n) is 1.79. The summed E-state index contributed by atoms with van der Waals surface area (Å²) >= 11 is 0. The van der Waals surface area contributed by atoms with Gasteiger partial charge in [-0.3, -0.25) is 4.79 Å². The maximum absolute atomic E-state index is 11.9. The van der Waals surface area contributed by atoms with Gasteiger partial charge in [-0.2, -0.15) is 0 Å². The van der Waals surface area contributed by atoms with Crippen molar-refractivity contribution in [2.75, 3.05) is 5.73 Å². The Bertz CT molecular complexity index is 410. The molecule has 1 amide bonds. The van der Waals surface area contributed by atoms with E-state index in [1.54, 1.807) is 6.07 Å². The molecule has 2 rings (SSSR count). The normalized spacial score (nSPS) is 16.9. The Morgan fingerprint density at radius 1 is 1.50 bits per heavy atom. The molecule has 0 aliphatic heterocycles. The van der Waals surface area contributed by atoms with Gasteiger partial charge >= 0.3 is 0 Å². The molecule has 3 heteroatoms. The average molecular weight is 218 g/mol. The molecule has 0 spiro atoms. The monoisotopic (exact) mass is 218 g/mol. The number of nitrogen functional groups attached to an aromatic ring is 1. The predicted molar refractivity (Wildman–Crippen MR) is 65.2 cm³/mol. The lowest BCUT2D eigenvalue weighted by atomic mass is 10.1. The fraction of sp³-hybridized carbons (Fsp3) is 0.462. The van der Waals surface area contributed by atoms with E-state index in [1.165, 1.54) is 12.8 Å². The van der Waals surface area contributed by atoms with Crippen LogP contribution in [0, 0.1) is 12.8 Å². The van der Waals surface area contributed by atoms with E-state index in [0.717, 1.165) is 5.56 Å². The van der Waals surface area contributed by atoms with Crippen molar-refractivity contribution in [1.82, 2.24) is 5.32 Å². The van der Waals surface area contributed by atoms with Crippen LogP contribution in [0.2, 0.25) is 0 Å². The lowest BCUT2D eigenvalue weighted by molar-refractivity contribution is 0.0936. The Balaban J connectivity index is 2.05. The van der Waals surface area contributed by atoms with Crippen LogP contribution in [-0.2, 0) is 0 Å². The molecule has 3 N–H and O–H groups in total. The number of carbonyl (C=O) groups is 1. The van der Waals surface area contributed by atoms with Crippen LogP contribution in [0.25, 0.3) is 0 Å². The Labute approximate surface area is 96.0 Å². The zero-order valence-electron chi connectivity index (χ0n) is 9.79. The van der Waals surface area contributed by atoms with E-state index in [0.29, 0.717) is 17.2 Å². The first-order valence-corrected chi connectivity index (χ1v) is 5.75. The largest absolute Gasteiger partial charge is 0.398 e. The molecular weight excluding hydrogens is 200 g/mol. The van der Waals surface area contributed by atoms with Crippen molar-refractivity contribution in [2.24, 2.45) is 5.92 Å². The van der Waals surface area contributed by atoms with E-state index in [9.17, 15) is 4.79 Å². The summed E-state index contributed by atoms with van der Waals surface area (Å²) in [5, 5.41) is 3.01. The summed E-state index contributed by atoms with van der Waals surface area (Å²) in [6, 6.07) is 5.71. The van der Waals surface area contributed by atoms with Crippen molar-refractivity contribution in [3.05, 3.63) is 29.3 Å². The number of carbonyl (C=O) groups excluding carboxylic acids is 1. The molecule has 0 bridgehead atoms.